The summed E-state index contributed by atoms with van der Waals surface area (Å²) in [6, 6.07) is 7.25. The minimum absolute atomic E-state index is 0.187. The fraction of sp³-hybridized carbons (Fsp3) is 0.278. The molecule has 3 rings (SSSR count). The lowest BCUT2D eigenvalue weighted by atomic mass is 9.96. The molecule has 1 unspecified atom stereocenters. The van der Waals surface area contributed by atoms with Crippen LogP contribution in [0.1, 0.15) is 36.1 Å². The lowest BCUT2D eigenvalue weighted by Gasteiger charge is -2.15. The Hall–Kier alpha value is -2.60. The summed E-state index contributed by atoms with van der Waals surface area (Å²) in [5.74, 6) is -2.02. The van der Waals surface area contributed by atoms with Crippen LogP contribution in [0.4, 0.5) is 0 Å². The number of rotatable bonds is 4. The number of carboxylic acid groups (broad SMARTS) is 1. The predicted molar refractivity (Wildman–Crippen MR) is 95.2 cm³/mol. The van der Waals surface area contributed by atoms with Gasteiger partial charge in [-0.1, -0.05) is 30.7 Å². The molecule has 1 atom stereocenters. The Balaban J connectivity index is 2.28. The van der Waals surface area contributed by atoms with E-state index in [1.165, 1.54) is 4.52 Å². The summed E-state index contributed by atoms with van der Waals surface area (Å²) in [5.41, 5.74) is 3.51. The normalized spacial score (nSPS) is 12.5. The number of hydrogen-bond acceptors (Lipinski definition) is 4. The molecule has 6 nitrogen and oxygen atoms in total. The molecule has 25 heavy (non-hydrogen) atoms. The van der Waals surface area contributed by atoms with E-state index in [2.05, 4.69) is 10.1 Å². The third-order valence-corrected chi connectivity index (χ3v) is 4.58. The van der Waals surface area contributed by atoms with E-state index in [1.807, 2.05) is 19.1 Å². The van der Waals surface area contributed by atoms with Crippen LogP contribution in [-0.2, 0) is 4.79 Å². The lowest BCUT2D eigenvalue weighted by Crippen LogP contribution is -2.14. The largest absolute Gasteiger partial charge is 0.493 e. The fourth-order valence-corrected chi connectivity index (χ4v) is 3.27. The smallest absolute Gasteiger partial charge is 0.311 e. The fourth-order valence-electron chi connectivity index (χ4n) is 3.08. The molecule has 7 heteroatoms. The van der Waals surface area contributed by atoms with Crippen LogP contribution in [0, 0.1) is 13.8 Å². The van der Waals surface area contributed by atoms with Crippen molar-refractivity contribution in [1.29, 1.82) is 0 Å². The summed E-state index contributed by atoms with van der Waals surface area (Å²) in [6.07, 6.45) is 0.346. The molecular formula is C18H18ClN3O3. The van der Waals surface area contributed by atoms with Gasteiger partial charge in [-0.15, -0.1) is 0 Å². The van der Waals surface area contributed by atoms with Crippen molar-refractivity contribution >= 4 is 23.2 Å². The molecule has 0 spiro atoms. The van der Waals surface area contributed by atoms with Crippen molar-refractivity contribution in [3.05, 3.63) is 46.1 Å². The van der Waals surface area contributed by atoms with Gasteiger partial charge in [-0.3, -0.25) is 4.79 Å². The molecular weight excluding hydrogens is 342 g/mol. The summed E-state index contributed by atoms with van der Waals surface area (Å²) < 4.78 is 1.31. The number of carbonyl (C=O) groups is 1. The molecule has 0 radical (unpaired) electrons. The van der Waals surface area contributed by atoms with Gasteiger partial charge in [0.2, 0.25) is 5.88 Å². The maximum absolute atomic E-state index is 11.5. The van der Waals surface area contributed by atoms with Crippen LogP contribution in [0.3, 0.4) is 0 Å². The van der Waals surface area contributed by atoms with E-state index in [-0.39, 0.29) is 5.88 Å². The van der Waals surface area contributed by atoms with E-state index < -0.39 is 11.9 Å². The van der Waals surface area contributed by atoms with Crippen LogP contribution in [0.5, 0.6) is 5.88 Å². The molecule has 130 valence electrons. The van der Waals surface area contributed by atoms with E-state index in [0.29, 0.717) is 34.0 Å². The first-order chi connectivity index (χ1) is 11.8. The van der Waals surface area contributed by atoms with Crippen LogP contribution in [0.15, 0.2) is 24.3 Å². The summed E-state index contributed by atoms with van der Waals surface area (Å²) in [4.78, 5) is 16.0. The van der Waals surface area contributed by atoms with E-state index >= 15 is 0 Å². The van der Waals surface area contributed by atoms with Gasteiger partial charge in [0, 0.05) is 27.4 Å². The molecule has 0 amide bonds. The molecule has 2 aromatic heterocycles. The lowest BCUT2D eigenvalue weighted by molar-refractivity contribution is -0.138. The standard InChI is InChI=1S/C18H18ClN3O3/c1-4-13(18(24)25)14-10(3)20-16-9(2)15(21-22(16)17(14)23)11-6-5-7-12(19)8-11/h5-8,13,23H,4H2,1-3H3,(H,24,25). The molecule has 2 heterocycles. The zero-order chi connectivity index (χ0) is 18.3. The van der Waals surface area contributed by atoms with Gasteiger partial charge in [0.25, 0.3) is 0 Å². The van der Waals surface area contributed by atoms with Gasteiger partial charge in [-0.25, -0.2) is 4.98 Å². The van der Waals surface area contributed by atoms with Crippen molar-refractivity contribution in [3.63, 3.8) is 0 Å². The van der Waals surface area contributed by atoms with Crippen LogP contribution in [0.2, 0.25) is 5.02 Å². The summed E-state index contributed by atoms with van der Waals surface area (Å²) in [7, 11) is 0. The third kappa shape index (κ3) is 2.82. The Kier molecular flexibility index (Phi) is 4.39. The van der Waals surface area contributed by atoms with Crippen molar-refractivity contribution in [1.82, 2.24) is 14.6 Å². The quantitative estimate of drug-likeness (QED) is 0.736. The SMILES string of the molecule is CCC(C(=O)O)c1c(C)nc2c(C)c(-c3cccc(Cl)c3)nn2c1O. The number of aromatic hydroxyl groups is 1. The van der Waals surface area contributed by atoms with Crippen LogP contribution in [-0.4, -0.2) is 30.8 Å². The highest BCUT2D eigenvalue weighted by molar-refractivity contribution is 6.30. The number of aromatic nitrogens is 3. The number of benzene rings is 1. The zero-order valence-electron chi connectivity index (χ0n) is 14.1. The van der Waals surface area contributed by atoms with E-state index in [0.717, 1.165) is 11.1 Å². The number of aryl methyl sites for hydroxylation is 2. The molecule has 0 fully saturated rings. The highest BCUT2D eigenvalue weighted by Gasteiger charge is 2.27. The minimum Gasteiger partial charge on any atom is -0.493 e. The average Bonchev–Trinajstić information content (AvgIpc) is 2.88. The van der Waals surface area contributed by atoms with Crippen LogP contribution in [0.25, 0.3) is 16.9 Å². The second-order valence-corrected chi connectivity index (χ2v) is 6.39. The first-order valence-corrected chi connectivity index (χ1v) is 8.30. The zero-order valence-corrected chi connectivity index (χ0v) is 14.9. The maximum Gasteiger partial charge on any atom is 0.311 e. The molecule has 0 aliphatic rings. The molecule has 3 aromatic rings. The summed E-state index contributed by atoms with van der Waals surface area (Å²) in [5, 5.41) is 25.2. The number of nitrogens with zero attached hydrogens (tertiary/aromatic N) is 3. The Bertz CT molecular complexity index is 981. The van der Waals surface area contributed by atoms with Gasteiger partial charge in [-0.05, 0) is 32.4 Å². The minimum atomic E-state index is -0.999. The number of halogens is 1. The van der Waals surface area contributed by atoms with Crippen molar-refractivity contribution in [2.45, 2.75) is 33.1 Å². The van der Waals surface area contributed by atoms with Crippen LogP contribution < -0.4 is 0 Å². The number of carboxylic acids is 1. The highest BCUT2D eigenvalue weighted by atomic mass is 35.5. The average molecular weight is 360 g/mol. The van der Waals surface area contributed by atoms with E-state index in [1.54, 1.807) is 26.0 Å². The summed E-state index contributed by atoms with van der Waals surface area (Å²) >= 11 is 6.06. The Labute approximate surface area is 149 Å². The van der Waals surface area contributed by atoms with Gasteiger partial charge in [0.15, 0.2) is 5.65 Å². The van der Waals surface area contributed by atoms with Crippen molar-refractivity contribution in [2.75, 3.05) is 0 Å². The van der Waals surface area contributed by atoms with Gasteiger partial charge >= 0.3 is 5.97 Å². The predicted octanol–water partition coefficient (Wildman–Crippen LogP) is 3.95. The first-order valence-electron chi connectivity index (χ1n) is 7.92. The summed E-state index contributed by atoms with van der Waals surface area (Å²) in [6.45, 7) is 5.32. The molecule has 0 saturated heterocycles. The maximum atomic E-state index is 11.5. The molecule has 0 aliphatic carbocycles. The van der Waals surface area contributed by atoms with E-state index in [9.17, 15) is 15.0 Å². The second kappa shape index (κ2) is 6.37. The molecule has 0 aliphatic heterocycles. The van der Waals surface area contributed by atoms with Gasteiger partial charge in [0.05, 0.1) is 11.6 Å². The second-order valence-electron chi connectivity index (χ2n) is 5.95. The third-order valence-electron chi connectivity index (χ3n) is 4.35. The Morgan fingerprint density at radius 3 is 2.68 bits per heavy atom. The Morgan fingerprint density at radius 2 is 2.08 bits per heavy atom. The Morgan fingerprint density at radius 1 is 1.36 bits per heavy atom. The number of aliphatic carboxylic acids is 1. The highest BCUT2D eigenvalue weighted by Crippen LogP contribution is 2.34. The first kappa shape index (κ1) is 17.2. The number of fused-ring (bicyclic) bond motifs is 1. The van der Waals surface area contributed by atoms with E-state index in [4.69, 9.17) is 11.6 Å². The molecule has 0 bridgehead atoms. The van der Waals surface area contributed by atoms with Crippen molar-refractivity contribution in [2.24, 2.45) is 0 Å². The van der Waals surface area contributed by atoms with Gasteiger partial charge < -0.3 is 10.2 Å². The monoisotopic (exact) mass is 359 g/mol. The molecule has 0 saturated carbocycles. The molecule has 1 aromatic carbocycles. The number of hydrogen-bond donors (Lipinski definition) is 2. The molecule has 2 N–H and O–H groups in total. The van der Waals surface area contributed by atoms with Crippen molar-refractivity contribution < 1.29 is 15.0 Å². The van der Waals surface area contributed by atoms with Crippen molar-refractivity contribution in [3.8, 4) is 17.1 Å². The topological polar surface area (TPSA) is 87.7 Å². The van der Waals surface area contributed by atoms with Gasteiger partial charge in [-0.2, -0.15) is 9.61 Å². The van der Waals surface area contributed by atoms with Crippen LogP contribution >= 0.6 is 11.6 Å². The van der Waals surface area contributed by atoms with Gasteiger partial charge in [0.1, 0.15) is 0 Å².